The Balaban J connectivity index is 1.86. The summed E-state index contributed by atoms with van der Waals surface area (Å²) in [7, 11) is -3.48. The molecule has 1 aliphatic rings. The van der Waals surface area contributed by atoms with Crippen molar-refractivity contribution in [3.8, 4) is 0 Å². The predicted octanol–water partition coefficient (Wildman–Crippen LogP) is 4.14. The molecule has 1 aromatic rings. The maximum atomic E-state index is 12.8. The van der Waals surface area contributed by atoms with Crippen molar-refractivity contribution in [2.75, 3.05) is 25.9 Å². The van der Waals surface area contributed by atoms with E-state index in [4.69, 9.17) is 0 Å². The van der Waals surface area contributed by atoms with Gasteiger partial charge in [-0.3, -0.25) is 4.79 Å². The standard InChI is InChI=1S/C21H34N2O3S2/c1-4-6-7-17(5-2)16-22-21(24)18-12-14-23(15-13-18)28(25,26)20-10-8-19(27-3)9-11-20/h8-11,17-18H,4-7,12-16H2,1-3H3,(H,22,24)/t17-/m1/s1. The Morgan fingerprint density at radius 1 is 1.21 bits per heavy atom. The van der Waals surface area contributed by atoms with Crippen LogP contribution < -0.4 is 5.32 Å². The molecular formula is C21H34N2O3S2. The van der Waals surface area contributed by atoms with Crippen LogP contribution in [0.2, 0.25) is 0 Å². The minimum Gasteiger partial charge on any atom is -0.356 e. The molecule has 5 nitrogen and oxygen atoms in total. The Hall–Kier alpha value is -1.05. The second-order valence-electron chi connectivity index (χ2n) is 7.52. The lowest BCUT2D eigenvalue weighted by molar-refractivity contribution is -0.126. The first-order valence-corrected chi connectivity index (χ1v) is 13.0. The molecule has 0 bridgehead atoms. The summed E-state index contributed by atoms with van der Waals surface area (Å²) < 4.78 is 27.2. The molecule has 2 rings (SSSR count). The highest BCUT2D eigenvalue weighted by molar-refractivity contribution is 7.98. The van der Waals surface area contributed by atoms with E-state index in [1.807, 2.05) is 18.4 Å². The Kier molecular flexibility index (Phi) is 9.31. The van der Waals surface area contributed by atoms with Gasteiger partial charge in [0.05, 0.1) is 4.90 Å². The molecule has 1 N–H and O–H groups in total. The number of nitrogens with one attached hydrogen (secondary N) is 1. The van der Waals surface area contributed by atoms with E-state index in [1.165, 1.54) is 17.1 Å². The summed E-state index contributed by atoms with van der Waals surface area (Å²) in [5, 5.41) is 3.10. The van der Waals surface area contributed by atoms with Crippen molar-refractivity contribution in [1.82, 2.24) is 9.62 Å². The summed E-state index contributed by atoms with van der Waals surface area (Å²) in [6.07, 6.45) is 7.73. The highest BCUT2D eigenvalue weighted by atomic mass is 32.2. The van der Waals surface area contributed by atoms with Crippen LogP contribution in [0.4, 0.5) is 0 Å². The van der Waals surface area contributed by atoms with Crippen LogP contribution in [-0.2, 0) is 14.8 Å². The second kappa shape index (κ2) is 11.2. The minimum atomic E-state index is -3.48. The number of carbonyl (C=O) groups excluding carboxylic acids is 1. The van der Waals surface area contributed by atoms with Crippen molar-refractivity contribution >= 4 is 27.7 Å². The van der Waals surface area contributed by atoms with Gasteiger partial charge in [0.25, 0.3) is 0 Å². The molecule has 0 saturated carbocycles. The highest BCUT2D eigenvalue weighted by Gasteiger charge is 2.32. The van der Waals surface area contributed by atoms with Gasteiger partial charge in [0, 0.05) is 30.4 Å². The molecule has 1 atom stereocenters. The van der Waals surface area contributed by atoms with Crippen molar-refractivity contribution in [2.24, 2.45) is 11.8 Å². The molecule has 1 heterocycles. The van der Waals surface area contributed by atoms with Crippen LogP contribution in [0.15, 0.2) is 34.1 Å². The molecular weight excluding hydrogens is 392 g/mol. The largest absolute Gasteiger partial charge is 0.356 e. The zero-order valence-corrected chi connectivity index (χ0v) is 18.9. The van der Waals surface area contributed by atoms with Crippen LogP contribution in [0.3, 0.4) is 0 Å². The van der Waals surface area contributed by atoms with Crippen LogP contribution in [-0.4, -0.2) is 44.5 Å². The summed E-state index contributed by atoms with van der Waals surface area (Å²) in [4.78, 5) is 13.9. The number of sulfonamides is 1. The zero-order valence-electron chi connectivity index (χ0n) is 17.3. The lowest BCUT2D eigenvalue weighted by Crippen LogP contribution is -2.43. The highest BCUT2D eigenvalue weighted by Crippen LogP contribution is 2.25. The molecule has 1 fully saturated rings. The molecule has 7 heteroatoms. The minimum absolute atomic E-state index is 0.0799. The van der Waals surface area contributed by atoms with Crippen LogP contribution in [0.5, 0.6) is 0 Å². The summed E-state index contributed by atoms with van der Waals surface area (Å²) in [5.74, 6) is 0.527. The van der Waals surface area contributed by atoms with Gasteiger partial charge >= 0.3 is 0 Å². The van der Waals surface area contributed by atoms with Gasteiger partial charge in [0.1, 0.15) is 0 Å². The number of benzene rings is 1. The molecule has 1 aromatic carbocycles. The number of hydrogen-bond acceptors (Lipinski definition) is 4. The number of amides is 1. The second-order valence-corrected chi connectivity index (χ2v) is 10.3. The first-order chi connectivity index (χ1) is 13.4. The van der Waals surface area contributed by atoms with E-state index in [-0.39, 0.29) is 11.8 Å². The Labute approximate surface area is 174 Å². The number of nitrogens with zero attached hydrogens (tertiary/aromatic N) is 1. The maximum Gasteiger partial charge on any atom is 0.243 e. The normalized spacial score (nSPS) is 17.4. The number of rotatable bonds is 10. The molecule has 0 unspecified atom stereocenters. The van der Waals surface area contributed by atoms with Gasteiger partial charge in [-0.2, -0.15) is 4.31 Å². The van der Waals surface area contributed by atoms with Crippen LogP contribution in [0, 0.1) is 11.8 Å². The van der Waals surface area contributed by atoms with E-state index >= 15 is 0 Å². The molecule has 28 heavy (non-hydrogen) atoms. The van der Waals surface area contributed by atoms with Crippen LogP contribution >= 0.6 is 11.8 Å². The fraction of sp³-hybridized carbons (Fsp3) is 0.667. The Morgan fingerprint density at radius 3 is 2.39 bits per heavy atom. The number of carbonyl (C=O) groups is 1. The fourth-order valence-corrected chi connectivity index (χ4v) is 5.47. The summed E-state index contributed by atoms with van der Waals surface area (Å²) >= 11 is 1.59. The maximum absolute atomic E-state index is 12.8. The molecule has 1 saturated heterocycles. The lowest BCUT2D eigenvalue weighted by Gasteiger charge is -2.31. The van der Waals surface area contributed by atoms with Gasteiger partial charge in [0.15, 0.2) is 0 Å². The number of thioether (sulfide) groups is 1. The van der Waals surface area contributed by atoms with E-state index in [0.29, 0.717) is 36.7 Å². The van der Waals surface area contributed by atoms with Gasteiger partial charge in [0.2, 0.25) is 15.9 Å². The average Bonchev–Trinajstić information content (AvgIpc) is 2.73. The van der Waals surface area contributed by atoms with Crippen LogP contribution in [0.25, 0.3) is 0 Å². The quantitative estimate of drug-likeness (QED) is 0.571. The first kappa shape index (κ1) is 23.2. The van der Waals surface area contributed by atoms with Crippen molar-refractivity contribution in [3.63, 3.8) is 0 Å². The van der Waals surface area contributed by atoms with Crippen molar-refractivity contribution in [1.29, 1.82) is 0 Å². The summed E-state index contributed by atoms with van der Waals surface area (Å²) in [5.41, 5.74) is 0. The average molecular weight is 427 g/mol. The third-order valence-corrected chi connectivity index (χ3v) is 8.29. The van der Waals surface area contributed by atoms with Crippen molar-refractivity contribution in [3.05, 3.63) is 24.3 Å². The van der Waals surface area contributed by atoms with E-state index < -0.39 is 10.0 Å². The molecule has 0 aliphatic carbocycles. The Bertz CT molecular complexity index is 712. The number of piperidine rings is 1. The zero-order chi connectivity index (χ0) is 20.6. The summed E-state index contributed by atoms with van der Waals surface area (Å²) in [6.45, 7) is 5.89. The first-order valence-electron chi connectivity index (χ1n) is 10.3. The van der Waals surface area contributed by atoms with Crippen LogP contribution in [0.1, 0.15) is 52.4 Å². The molecule has 1 aliphatic heterocycles. The smallest absolute Gasteiger partial charge is 0.243 e. The van der Waals surface area contributed by atoms with Crippen molar-refractivity contribution in [2.45, 2.75) is 62.2 Å². The molecule has 0 radical (unpaired) electrons. The SMILES string of the molecule is CCCC[C@@H](CC)CNC(=O)C1CCN(S(=O)(=O)c2ccc(SC)cc2)CC1. The lowest BCUT2D eigenvalue weighted by atomic mass is 9.95. The van der Waals surface area contributed by atoms with Gasteiger partial charge in [-0.1, -0.05) is 33.1 Å². The van der Waals surface area contributed by atoms with E-state index in [0.717, 1.165) is 24.3 Å². The monoisotopic (exact) mass is 426 g/mol. The van der Waals surface area contributed by atoms with E-state index in [9.17, 15) is 13.2 Å². The molecule has 1 amide bonds. The van der Waals surface area contributed by atoms with Gasteiger partial charge < -0.3 is 5.32 Å². The van der Waals surface area contributed by atoms with Gasteiger partial charge in [-0.15, -0.1) is 11.8 Å². The number of unbranched alkanes of at least 4 members (excludes halogenated alkanes) is 1. The summed E-state index contributed by atoms with van der Waals surface area (Å²) in [6, 6.07) is 7.00. The molecule has 158 valence electrons. The van der Waals surface area contributed by atoms with Crippen molar-refractivity contribution < 1.29 is 13.2 Å². The molecule has 0 spiro atoms. The predicted molar refractivity (Wildman–Crippen MR) is 116 cm³/mol. The van der Waals surface area contributed by atoms with Gasteiger partial charge in [-0.05, 0) is 55.7 Å². The topological polar surface area (TPSA) is 66.5 Å². The third-order valence-electron chi connectivity index (χ3n) is 5.63. The molecule has 0 aromatic heterocycles. The Morgan fingerprint density at radius 2 is 1.86 bits per heavy atom. The fourth-order valence-electron chi connectivity index (χ4n) is 3.59. The van der Waals surface area contributed by atoms with E-state index in [1.54, 1.807) is 23.9 Å². The number of hydrogen-bond donors (Lipinski definition) is 1. The third kappa shape index (κ3) is 6.22. The van der Waals surface area contributed by atoms with E-state index in [2.05, 4.69) is 19.2 Å². The van der Waals surface area contributed by atoms with Gasteiger partial charge in [-0.25, -0.2) is 8.42 Å².